The van der Waals surface area contributed by atoms with Crippen LogP contribution in [0.3, 0.4) is 0 Å². The monoisotopic (exact) mass is 408 g/mol. The van der Waals surface area contributed by atoms with Crippen molar-refractivity contribution in [1.82, 2.24) is 5.32 Å². The molecule has 0 bridgehead atoms. The number of sulfonamides is 1. The van der Waals surface area contributed by atoms with Gasteiger partial charge < -0.3 is 10.1 Å². The van der Waals surface area contributed by atoms with Crippen molar-refractivity contribution in [3.63, 3.8) is 0 Å². The van der Waals surface area contributed by atoms with Gasteiger partial charge in [-0.25, -0.2) is 12.8 Å². The molecular weight excluding hydrogens is 383 g/mol. The van der Waals surface area contributed by atoms with Gasteiger partial charge in [0.2, 0.25) is 5.91 Å². The summed E-state index contributed by atoms with van der Waals surface area (Å²) in [6.07, 6.45) is 0.709. The molecule has 0 spiro atoms. The number of aryl methyl sites for hydroxylation is 1. The summed E-state index contributed by atoms with van der Waals surface area (Å²) in [4.78, 5) is 12.4. The number of ether oxygens (including phenoxy) is 1. The van der Waals surface area contributed by atoms with Crippen LogP contribution >= 0.6 is 0 Å². The van der Waals surface area contributed by atoms with Crippen LogP contribution in [0.25, 0.3) is 0 Å². The molecule has 1 amide bonds. The normalized spacial score (nSPS) is 12.3. The van der Waals surface area contributed by atoms with E-state index in [1.165, 1.54) is 25.3 Å². The number of amides is 1. The van der Waals surface area contributed by atoms with Crippen molar-refractivity contribution >= 4 is 21.6 Å². The second-order valence-electron chi connectivity index (χ2n) is 6.52. The number of halogens is 1. The molecule has 28 heavy (non-hydrogen) atoms. The molecule has 0 aliphatic carbocycles. The van der Waals surface area contributed by atoms with Crippen LogP contribution < -0.4 is 14.4 Å². The van der Waals surface area contributed by atoms with Crippen LogP contribution in [0.4, 0.5) is 10.1 Å². The van der Waals surface area contributed by atoms with E-state index >= 15 is 0 Å². The Balaban J connectivity index is 2.52. The maximum Gasteiger partial charge on any atom is 0.268 e. The third kappa shape index (κ3) is 5.01. The summed E-state index contributed by atoms with van der Waals surface area (Å²) in [5, 5.41) is 2.75. The zero-order chi connectivity index (χ0) is 20.9. The summed E-state index contributed by atoms with van der Waals surface area (Å²) in [6.45, 7) is 5.07. The first-order valence-corrected chi connectivity index (χ1v) is 10.3. The third-order valence-corrected chi connectivity index (χ3v) is 6.10. The highest BCUT2D eigenvalue weighted by atomic mass is 32.2. The van der Waals surface area contributed by atoms with Crippen LogP contribution in [0, 0.1) is 12.7 Å². The smallest absolute Gasteiger partial charge is 0.268 e. The molecule has 1 N–H and O–H groups in total. The lowest BCUT2D eigenvalue weighted by atomic mass is 10.2. The van der Waals surface area contributed by atoms with Crippen LogP contribution in [0.15, 0.2) is 47.4 Å². The van der Waals surface area contributed by atoms with E-state index in [0.717, 1.165) is 22.0 Å². The first-order valence-electron chi connectivity index (χ1n) is 8.91. The first-order chi connectivity index (χ1) is 13.2. The lowest BCUT2D eigenvalue weighted by Gasteiger charge is -2.25. The maximum absolute atomic E-state index is 13.4. The number of carbonyl (C=O) groups is 1. The zero-order valence-corrected chi connectivity index (χ0v) is 17.2. The Bertz CT molecular complexity index is 930. The van der Waals surface area contributed by atoms with Gasteiger partial charge >= 0.3 is 0 Å². The second-order valence-corrected chi connectivity index (χ2v) is 8.35. The van der Waals surface area contributed by atoms with E-state index in [9.17, 15) is 17.6 Å². The number of hydrogen-bond acceptors (Lipinski definition) is 4. The lowest BCUT2D eigenvalue weighted by Crippen LogP contribution is -2.43. The van der Waals surface area contributed by atoms with Gasteiger partial charge in [0.15, 0.2) is 0 Å². The van der Waals surface area contributed by atoms with E-state index in [-0.39, 0.29) is 22.4 Å². The highest BCUT2D eigenvalue weighted by molar-refractivity contribution is 7.93. The highest BCUT2D eigenvalue weighted by Gasteiger charge is 2.30. The van der Waals surface area contributed by atoms with Crippen molar-refractivity contribution in [2.75, 3.05) is 18.0 Å². The van der Waals surface area contributed by atoms with Gasteiger partial charge in [-0.1, -0.05) is 13.0 Å². The van der Waals surface area contributed by atoms with Gasteiger partial charge in [-0.2, -0.15) is 0 Å². The number of carbonyl (C=O) groups excluding carboxylic acids is 1. The number of methoxy groups -OCH3 is 1. The molecule has 0 saturated carbocycles. The van der Waals surface area contributed by atoms with Crippen LogP contribution in [-0.4, -0.2) is 34.0 Å². The Morgan fingerprint density at radius 2 is 1.86 bits per heavy atom. The second kappa shape index (κ2) is 9.05. The molecule has 2 aromatic rings. The van der Waals surface area contributed by atoms with Crippen molar-refractivity contribution < 1.29 is 22.3 Å². The van der Waals surface area contributed by atoms with Crippen LogP contribution in [0.2, 0.25) is 0 Å². The SMILES string of the molecule is CC[C@H](C)NC(=O)CN(c1ccc(F)cc1)S(=O)(=O)c1cc(C)ccc1OC. The predicted octanol–water partition coefficient (Wildman–Crippen LogP) is 3.25. The Morgan fingerprint density at radius 1 is 1.21 bits per heavy atom. The van der Waals surface area contributed by atoms with E-state index < -0.39 is 28.3 Å². The minimum absolute atomic E-state index is 0.0596. The minimum Gasteiger partial charge on any atom is -0.495 e. The fourth-order valence-corrected chi connectivity index (χ4v) is 4.24. The van der Waals surface area contributed by atoms with Gasteiger partial charge in [-0.15, -0.1) is 0 Å². The largest absolute Gasteiger partial charge is 0.495 e. The summed E-state index contributed by atoms with van der Waals surface area (Å²) in [6, 6.07) is 9.63. The van der Waals surface area contributed by atoms with Crippen LogP contribution in [0.1, 0.15) is 25.8 Å². The molecule has 2 rings (SSSR count). The average Bonchev–Trinajstić information content (AvgIpc) is 2.66. The molecule has 0 radical (unpaired) electrons. The van der Waals surface area contributed by atoms with Gasteiger partial charge in [-0.05, 0) is 62.2 Å². The Morgan fingerprint density at radius 3 is 2.43 bits per heavy atom. The van der Waals surface area contributed by atoms with E-state index in [4.69, 9.17) is 4.74 Å². The number of nitrogens with zero attached hydrogens (tertiary/aromatic N) is 1. The number of anilines is 1. The van der Waals surface area contributed by atoms with E-state index in [0.29, 0.717) is 6.42 Å². The minimum atomic E-state index is -4.14. The summed E-state index contributed by atoms with van der Waals surface area (Å²) >= 11 is 0. The van der Waals surface area contributed by atoms with Crippen molar-refractivity contribution in [2.45, 2.75) is 38.1 Å². The molecule has 0 aromatic heterocycles. The molecule has 1 atom stereocenters. The van der Waals surface area contributed by atoms with E-state index in [2.05, 4.69) is 5.32 Å². The Kier molecular flexibility index (Phi) is 7.01. The van der Waals surface area contributed by atoms with E-state index in [1.54, 1.807) is 19.1 Å². The van der Waals surface area contributed by atoms with Crippen LogP contribution in [-0.2, 0) is 14.8 Å². The molecule has 152 valence electrons. The predicted molar refractivity (Wildman–Crippen MR) is 107 cm³/mol. The molecular formula is C20H25FN2O4S. The molecule has 0 saturated heterocycles. The van der Waals surface area contributed by atoms with Gasteiger partial charge in [0, 0.05) is 6.04 Å². The fraction of sp³-hybridized carbons (Fsp3) is 0.350. The molecule has 8 heteroatoms. The van der Waals surface area contributed by atoms with E-state index in [1.807, 2.05) is 13.8 Å². The summed E-state index contributed by atoms with van der Waals surface area (Å²) in [5.74, 6) is -0.785. The van der Waals surface area contributed by atoms with Gasteiger partial charge in [0.05, 0.1) is 12.8 Å². The molecule has 0 aliphatic rings. The van der Waals surface area contributed by atoms with Crippen molar-refractivity contribution in [1.29, 1.82) is 0 Å². The number of rotatable bonds is 8. The topological polar surface area (TPSA) is 75.7 Å². The van der Waals surface area contributed by atoms with Crippen molar-refractivity contribution in [3.8, 4) is 5.75 Å². The van der Waals surface area contributed by atoms with Crippen molar-refractivity contribution in [2.24, 2.45) is 0 Å². The molecule has 0 aliphatic heterocycles. The maximum atomic E-state index is 13.4. The zero-order valence-electron chi connectivity index (χ0n) is 16.4. The van der Waals surface area contributed by atoms with Crippen LogP contribution in [0.5, 0.6) is 5.75 Å². The first kappa shape index (κ1) is 21.7. The number of hydrogen-bond donors (Lipinski definition) is 1. The summed E-state index contributed by atoms with van der Waals surface area (Å²) in [5.41, 5.74) is 0.909. The van der Waals surface area contributed by atoms with Crippen molar-refractivity contribution in [3.05, 3.63) is 53.8 Å². The molecule has 2 aromatic carbocycles. The van der Waals surface area contributed by atoms with Gasteiger partial charge in [0.1, 0.15) is 23.0 Å². The lowest BCUT2D eigenvalue weighted by molar-refractivity contribution is -0.120. The molecule has 0 fully saturated rings. The quantitative estimate of drug-likeness (QED) is 0.728. The number of nitrogens with one attached hydrogen (secondary N) is 1. The standard InChI is InChI=1S/C20H25FN2O4S/c1-5-15(3)22-20(24)13-23(17-9-7-16(21)8-10-17)28(25,26)19-12-14(2)6-11-18(19)27-4/h6-12,15H,5,13H2,1-4H3,(H,22,24)/t15-/m0/s1. The summed E-state index contributed by atoms with van der Waals surface area (Å²) < 4.78 is 46.4. The molecule has 0 heterocycles. The third-order valence-electron chi connectivity index (χ3n) is 4.31. The summed E-state index contributed by atoms with van der Waals surface area (Å²) in [7, 11) is -2.77. The highest BCUT2D eigenvalue weighted by Crippen LogP contribution is 2.30. The molecule has 0 unspecified atom stereocenters. The number of benzene rings is 2. The van der Waals surface area contributed by atoms with Gasteiger partial charge in [-0.3, -0.25) is 9.10 Å². The Labute approximate surface area is 165 Å². The Hall–Kier alpha value is -2.61. The fourth-order valence-electron chi connectivity index (χ4n) is 2.58. The average molecular weight is 408 g/mol. The van der Waals surface area contributed by atoms with Gasteiger partial charge in [0.25, 0.3) is 10.0 Å². The molecule has 6 nitrogen and oxygen atoms in total.